The van der Waals surface area contributed by atoms with E-state index in [1.165, 1.54) is 0 Å². The second kappa shape index (κ2) is 7.11. The maximum absolute atomic E-state index is 12.3. The van der Waals surface area contributed by atoms with E-state index in [0.29, 0.717) is 6.04 Å². The molecular weight excluding hydrogens is 276 g/mol. The summed E-state index contributed by atoms with van der Waals surface area (Å²) in [4.78, 5) is 14.7. The number of hydrogen-bond acceptors (Lipinski definition) is 4. The minimum atomic E-state index is 0.0939. The van der Waals surface area contributed by atoms with Gasteiger partial charge in [-0.3, -0.25) is 4.79 Å². The Labute approximate surface area is 132 Å². The SMILES string of the molecule is CN1CCC(Nc2ccccc2NC(=O)C2CCNC2)CC1. The minimum Gasteiger partial charge on any atom is -0.381 e. The number of carbonyl (C=O) groups is 1. The number of amides is 1. The standard InChI is InChI=1S/C17H26N4O/c1-21-10-7-14(8-11-21)19-15-4-2-3-5-16(15)20-17(22)13-6-9-18-12-13/h2-5,13-14,18-19H,6-12H2,1H3,(H,20,22). The Morgan fingerprint density at radius 2 is 1.91 bits per heavy atom. The van der Waals surface area contributed by atoms with E-state index in [-0.39, 0.29) is 11.8 Å². The number of piperidine rings is 1. The van der Waals surface area contributed by atoms with Crippen molar-refractivity contribution in [3.05, 3.63) is 24.3 Å². The molecule has 5 heteroatoms. The molecule has 0 saturated carbocycles. The third-order valence-corrected chi connectivity index (χ3v) is 4.69. The first kappa shape index (κ1) is 15.3. The molecule has 1 amide bonds. The minimum absolute atomic E-state index is 0.0939. The van der Waals surface area contributed by atoms with Crippen molar-refractivity contribution in [3.8, 4) is 0 Å². The number of benzene rings is 1. The first-order chi connectivity index (χ1) is 10.7. The van der Waals surface area contributed by atoms with E-state index in [2.05, 4.69) is 34.0 Å². The third kappa shape index (κ3) is 3.78. The molecule has 0 spiro atoms. The Kier molecular flexibility index (Phi) is 4.95. The molecule has 1 unspecified atom stereocenters. The fourth-order valence-corrected chi connectivity index (χ4v) is 3.20. The second-order valence-corrected chi connectivity index (χ2v) is 6.45. The van der Waals surface area contributed by atoms with Gasteiger partial charge in [0.2, 0.25) is 5.91 Å². The summed E-state index contributed by atoms with van der Waals surface area (Å²) in [5, 5.41) is 9.95. The summed E-state index contributed by atoms with van der Waals surface area (Å²) in [6, 6.07) is 8.52. The van der Waals surface area contributed by atoms with Crippen LogP contribution >= 0.6 is 0 Å². The molecule has 0 bridgehead atoms. The lowest BCUT2D eigenvalue weighted by molar-refractivity contribution is -0.119. The summed E-state index contributed by atoms with van der Waals surface area (Å²) in [5.41, 5.74) is 1.94. The quantitative estimate of drug-likeness (QED) is 0.793. The highest BCUT2D eigenvalue weighted by Gasteiger charge is 2.23. The van der Waals surface area contributed by atoms with Crippen molar-refractivity contribution in [2.45, 2.75) is 25.3 Å². The summed E-state index contributed by atoms with van der Waals surface area (Å²) in [6.45, 7) is 3.98. The van der Waals surface area contributed by atoms with Crippen molar-refractivity contribution in [1.29, 1.82) is 0 Å². The maximum Gasteiger partial charge on any atom is 0.228 e. The molecule has 2 fully saturated rings. The molecule has 0 aliphatic carbocycles. The smallest absolute Gasteiger partial charge is 0.228 e. The molecule has 2 saturated heterocycles. The Morgan fingerprint density at radius 1 is 1.18 bits per heavy atom. The van der Waals surface area contributed by atoms with Crippen LogP contribution < -0.4 is 16.0 Å². The molecule has 3 N–H and O–H groups in total. The number of nitrogens with one attached hydrogen (secondary N) is 3. The van der Waals surface area contributed by atoms with Crippen molar-refractivity contribution in [1.82, 2.24) is 10.2 Å². The topological polar surface area (TPSA) is 56.4 Å². The molecule has 1 aromatic rings. The van der Waals surface area contributed by atoms with Gasteiger partial charge in [-0.2, -0.15) is 0 Å². The van der Waals surface area contributed by atoms with Crippen LogP contribution in [0.25, 0.3) is 0 Å². The Morgan fingerprint density at radius 3 is 2.59 bits per heavy atom. The highest BCUT2D eigenvalue weighted by Crippen LogP contribution is 2.25. The van der Waals surface area contributed by atoms with Crippen LogP contribution in [0, 0.1) is 5.92 Å². The predicted octanol–water partition coefficient (Wildman–Crippen LogP) is 1.74. The average molecular weight is 302 g/mol. The molecule has 1 atom stereocenters. The van der Waals surface area contributed by atoms with Crippen LogP contribution in [0.1, 0.15) is 19.3 Å². The number of rotatable bonds is 4. The third-order valence-electron chi connectivity index (χ3n) is 4.69. The zero-order valence-electron chi connectivity index (χ0n) is 13.3. The van der Waals surface area contributed by atoms with Crippen LogP contribution in [0.2, 0.25) is 0 Å². The number of likely N-dealkylation sites (tertiary alicyclic amines) is 1. The molecule has 3 rings (SSSR count). The van der Waals surface area contributed by atoms with E-state index in [1.807, 2.05) is 18.2 Å². The molecule has 0 radical (unpaired) electrons. The highest BCUT2D eigenvalue weighted by atomic mass is 16.1. The van der Waals surface area contributed by atoms with Gasteiger partial charge < -0.3 is 20.9 Å². The number of para-hydroxylation sites is 2. The van der Waals surface area contributed by atoms with E-state index < -0.39 is 0 Å². The van der Waals surface area contributed by atoms with Gasteiger partial charge in [-0.05, 0) is 58.1 Å². The van der Waals surface area contributed by atoms with Crippen LogP contribution in [-0.4, -0.2) is 50.1 Å². The second-order valence-electron chi connectivity index (χ2n) is 6.45. The molecule has 5 nitrogen and oxygen atoms in total. The molecular formula is C17H26N4O. The molecule has 2 aliphatic heterocycles. The Balaban J connectivity index is 1.63. The Bertz CT molecular complexity index is 505. The fourth-order valence-electron chi connectivity index (χ4n) is 3.20. The summed E-state index contributed by atoms with van der Waals surface area (Å²) in [6.07, 6.45) is 3.22. The highest BCUT2D eigenvalue weighted by molar-refractivity contribution is 5.96. The zero-order valence-corrected chi connectivity index (χ0v) is 13.3. The summed E-state index contributed by atoms with van der Waals surface area (Å²) in [5.74, 6) is 0.221. The van der Waals surface area contributed by atoms with Crippen LogP contribution in [0.15, 0.2) is 24.3 Å². The molecule has 22 heavy (non-hydrogen) atoms. The molecule has 120 valence electrons. The summed E-state index contributed by atoms with van der Waals surface area (Å²) >= 11 is 0. The van der Waals surface area contributed by atoms with Gasteiger partial charge in [0, 0.05) is 12.6 Å². The first-order valence-electron chi connectivity index (χ1n) is 8.28. The molecule has 2 heterocycles. The molecule has 1 aromatic carbocycles. The van der Waals surface area contributed by atoms with Gasteiger partial charge in [0.05, 0.1) is 17.3 Å². The van der Waals surface area contributed by atoms with Gasteiger partial charge in [-0.15, -0.1) is 0 Å². The zero-order chi connectivity index (χ0) is 15.4. The predicted molar refractivity (Wildman–Crippen MR) is 90.2 cm³/mol. The van der Waals surface area contributed by atoms with E-state index >= 15 is 0 Å². The monoisotopic (exact) mass is 302 g/mol. The van der Waals surface area contributed by atoms with Crippen LogP contribution in [0.3, 0.4) is 0 Å². The van der Waals surface area contributed by atoms with Crippen LogP contribution in [0.5, 0.6) is 0 Å². The van der Waals surface area contributed by atoms with Crippen molar-refractivity contribution in [3.63, 3.8) is 0 Å². The summed E-state index contributed by atoms with van der Waals surface area (Å²) in [7, 11) is 2.17. The normalized spacial score (nSPS) is 23.4. The lowest BCUT2D eigenvalue weighted by Gasteiger charge is -2.30. The number of carbonyl (C=O) groups excluding carboxylic acids is 1. The van der Waals surface area contributed by atoms with Gasteiger partial charge in [0.1, 0.15) is 0 Å². The number of anilines is 2. The maximum atomic E-state index is 12.3. The lowest BCUT2D eigenvalue weighted by atomic mass is 10.0. The van der Waals surface area contributed by atoms with Crippen LogP contribution in [0.4, 0.5) is 11.4 Å². The summed E-state index contributed by atoms with van der Waals surface area (Å²) < 4.78 is 0. The van der Waals surface area contributed by atoms with Crippen molar-refractivity contribution in [2.75, 3.05) is 43.9 Å². The largest absolute Gasteiger partial charge is 0.381 e. The van der Waals surface area contributed by atoms with Gasteiger partial charge >= 0.3 is 0 Å². The lowest BCUT2D eigenvalue weighted by Crippen LogP contribution is -2.37. The van der Waals surface area contributed by atoms with Gasteiger partial charge in [0.25, 0.3) is 0 Å². The van der Waals surface area contributed by atoms with Crippen molar-refractivity contribution < 1.29 is 4.79 Å². The Hall–Kier alpha value is -1.59. The van der Waals surface area contributed by atoms with Crippen LogP contribution in [-0.2, 0) is 4.79 Å². The number of hydrogen-bond donors (Lipinski definition) is 3. The van der Waals surface area contributed by atoms with Crippen molar-refractivity contribution in [2.24, 2.45) is 5.92 Å². The van der Waals surface area contributed by atoms with E-state index in [1.54, 1.807) is 0 Å². The van der Waals surface area contributed by atoms with E-state index in [0.717, 1.165) is 56.8 Å². The molecule has 2 aliphatic rings. The average Bonchev–Trinajstić information content (AvgIpc) is 3.06. The van der Waals surface area contributed by atoms with Crippen molar-refractivity contribution >= 4 is 17.3 Å². The molecule has 0 aromatic heterocycles. The van der Waals surface area contributed by atoms with Gasteiger partial charge in [-0.25, -0.2) is 0 Å². The van der Waals surface area contributed by atoms with E-state index in [9.17, 15) is 4.79 Å². The van der Waals surface area contributed by atoms with E-state index in [4.69, 9.17) is 0 Å². The first-order valence-corrected chi connectivity index (χ1v) is 8.28. The fraction of sp³-hybridized carbons (Fsp3) is 0.588. The van der Waals surface area contributed by atoms with Gasteiger partial charge in [-0.1, -0.05) is 12.1 Å². The van der Waals surface area contributed by atoms with Gasteiger partial charge in [0.15, 0.2) is 0 Å². The number of nitrogens with zero attached hydrogens (tertiary/aromatic N) is 1.